The van der Waals surface area contributed by atoms with Crippen LogP contribution in [0.25, 0.3) is 0 Å². The standard InChI is InChI=1S/C15H26N2O2S/c1-4-11-20(18,19)15-7-5-14(6-8-15)17(10-9-16)12-13(2)3/h5-8,13H,4,9-12,16H2,1-3H3. The third kappa shape index (κ3) is 4.80. The van der Waals surface area contributed by atoms with Crippen molar-refractivity contribution < 1.29 is 8.42 Å². The molecule has 1 rings (SSSR count). The molecule has 0 saturated heterocycles. The Balaban J connectivity index is 2.93. The summed E-state index contributed by atoms with van der Waals surface area (Å²) in [6.07, 6.45) is 0.636. The van der Waals surface area contributed by atoms with Crippen LogP contribution in [0.3, 0.4) is 0 Å². The van der Waals surface area contributed by atoms with Crippen LogP contribution in [-0.4, -0.2) is 33.8 Å². The lowest BCUT2D eigenvalue weighted by Crippen LogP contribution is -2.32. The molecule has 0 atom stereocenters. The van der Waals surface area contributed by atoms with Crippen LogP contribution in [0.2, 0.25) is 0 Å². The SMILES string of the molecule is CCCS(=O)(=O)c1ccc(N(CCN)CC(C)C)cc1. The summed E-state index contributed by atoms with van der Waals surface area (Å²) in [5.41, 5.74) is 6.67. The first-order valence-corrected chi connectivity index (χ1v) is 8.83. The van der Waals surface area contributed by atoms with Gasteiger partial charge in [-0.25, -0.2) is 8.42 Å². The van der Waals surface area contributed by atoms with Crippen molar-refractivity contribution in [2.24, 2.45) is 11.7 Å². The molecule has 0 aliphatic carbocycles. The molecule has 1 aromatic rings. The number of hydrogen-bond donors (Lipinski definition) is 1. The van der Waals surface area contributed by atoms with Gasteiger partial charge in [-0.1, -0.05) is 20.8 Å². The Morgan fingerprint density at radius 3 is 2.25 bits per heavy atom. The maximum absolute atomic E-state index is 12.0. The average molecular weight is 298 g/mol. The number of nitrogens with zero attached hydrogens (tertiary/aromatic N) is 1. The monoisotopic (exact) mass is 298 g/mol. The van der Waals surface area contributed by atoms with Crippen molar-refractivity contribution in [2.75, 3.05) is 30.3 Å². The molecular weight excluding hydrogens is 272 g/mol. The molecule has 0 unspecified atom stereocenters. The third-order valence-electron chi connectivity index (χ3n) is 3.02. The molecule has 0 heterocycles. The Bertz CT molecular complexity index is 495. The molecule has 0 amide bonds. The van der Waals surface area contributed by atoms with E-state index in [0.717, 1.165) is 18.8 Å². The van der Waals surface area contributed by atoms with Gasteiger partial charge in [0.25, 0.3) is 0 Å². The number of rotatable bonds is 8. The molecule has 0 bridgehead atoms. The van der Waals surface area contributed by atoms with Crippen LogP contribution in [0.1, 0.15) is 27.2 Å². The van der Waals surface area contributed by atoms with Crippen LogP contribution < -0.4 is 10.6 Å². The Morgan fingerprint density at radius 1 is 1.20 bits per heavy atom. The molecule has 0 aliphatic heterocycles. The zero-order valence-electron chi connectivity index (χ0n) is 12.7. The van der Waals surface area contributed by atoms with Crippen LogP contribution in [-0.2, 0) is 9.84 Å². The second-order valence-corrected chi connectivity index (χ2v) is 7.55. The van der Waals surface area contributed by atoms with Crippen molar-refractivity contribution in [3.8, 4) is 0 Å². The van der Waals surface area contributed by atoms with E-state index in [1.165, 1.54) is 0 Å². The minimum Gasteiger partial charge on any atom is -0.370 e. The van der Waals surface area contributed by atoms with Gasteiger partial charge in [0.05, 0.1) is 10.6 Å². The van der Waals surface area contributed by atoms with Crippen LogP contribution in [0.4, 0.5) is 5.69 Å². The van der Waals surface area contributed by atoms with Gasteiger partial charge in [0.1, 0.15) is 0 Å². The zero-order valence-corrected chi connectivity index (χ0v) is 13.5. The summed E-state index contributed by atoms with van der Waals surface area (Å²) in [6, 6.07) is 7.15. The van der Waals surface area contributed by atoms with Gasteiger partial charge in [0.15, 0.2) is 9.84 Å². The maximum Gasteiger partial charge on any atom is 0.178 e. The molecule has 5 heteroatoms. The first-order chi connectivity index (χ1) is 9.40. The molecule has 0 aromatic heterocycles. The van der Waals surface area contributed by atoms with E-state index in [1.54, 1.807) is 12.1 Å². The van der Waals surface area contributed by atoms with E-state index in [-0.39, 0.29) is 5.75 Å². The smallest absolute Gasteiger partial charge is 0.178 e. The van der Waals surface area contributed by atoms with Crippen LogP contribution in [0.5, 0.6) is 0 Å². The van der Waals surface area contributed by atoms with E-state index < -0.39 is 9.84 Å². The summed E-state index contributed by atoms with van der Waals surface area (Å²) in [4.78, 5) is 2.60. The number of hydrogen-bond acceptors (Lipinski definition) is 4. The van der Waals surface area contributed by atoms with E-state index in [1.807, 2.05) is 19.1 Å². The van der Waals surface area contributed by atoms with Gasteiger partial charge in [-0.05, 0) is 36.6 Å². The van der Waals surface area contributed by atoms with Gasteiger partial charge in [0, 0.05) is 25.3 Å². The minimum atomic E-state index is -3.13. The largest absolute Gasteiger partial charge is 0.370 e. The number of nitrogens with two attached hydrogens (primary N) is 1. The lowest BCUT2D eigenvalue weighted by molar-refractivity contribution is 0.594. The molecule has 0 saturated carbocycles. The van der Waals surface area contributed by atoms with E-state index in [9.17, 15) is 8.42 Å². The van der Waals surface area contributed by atoms with Gasteiger partial charge in [-0.2, -0.15) is 0 Å². The lowest BCUT2D eigenvalue weighted by Gasteiger charge is -2.26. The van der Waals surface area contributed by atoms with Gasteiger partial charge in [-0.15, -0.1) is 0 Å². The molecule has 114 valence electrons. The molecule has 0 fully saturated rings. The quantitative estimate of drug-likeness (QED) is 0.800. The minimum absolute atomic E-state index is 0.199. The summed E-state index contributed by atoms with van der Waals surface area (Å²) in [6.45, 7) is 8.46. The second-order valence-electron chi connectivity index (χ2n) is 5.44. The van der Waals surface area contributed by atoms with Crippen LogP contribution >= 0.6 is 0 Å². The zero-order chi connectivity index (χ0) is 15.2. The molecule has 0 spiro atoms. The van der Waals surface area contributed by atoms with Crippen molar-refractivity contribution in [3.05, 3.63) is 24.3 Å². The van der Waals surface area contributed by atoms with Crippen molar-refractivity contribution in [1.29, 1.82) is 0 Å². The highest BCUT2D eigenvalue weighted by molar-refractivity contribution is 7.91. The predicted molar refractivity (Wildman–Crippen MR) is 84.9 cm³/mol. The Labute approximate surface area is 122 Å². The van der Waals surface area contributed by atoms with Crippen molar-refractivity contribution >= 4 is 15.5 Å². The molecule has 2 N–H and O–H groups in total. The van der Waals surface area contributed by atoms with E-state index in [2.05, 4.69) is 18.7 Å². The lowest BCUT2D eigenvalue weighted by atomic mass is 10.2. The Kier molecular flexibility index (Phi) is 6.49. The fourth-order valence-electron chi connectivity index (χ4n) is 2.17. The highest BCUT2D eigenvalue weighted by Crippen LogP contribution is 2.20. The highest BCUT2D eigenvalue weighted by atomic mass is 32.2. The topological polar surface area (TPSA) is 63.4 Å². The van der Waals surface area contributed by atoms with Gasteiger partial charge in [-0.3, -0.25) is 0 Å². The normalized spacial score (nSPS) is 11.8. The first-order valence-electron chi connectivity index (χ1n) is 7.18. The van der Waals surface area contributed by atoms with Crippen molar-refractivity contribution in [2.45, 2.75) is 32.1 Å². The molecular formula is C15H26N2O2S. The summed E-state index contributed by atoms with van der Waals surface area (Å²) >= 11 is 0. The van der Waals surface area contributed by atoms with Gasteiger partial charge in [0.2, 0.25) is 0 Å². The molecule has 1 aromatic carbocycles. The van der Waals surface area contributed by atoms with E-state index in [0.29, 0.717) is 23.8 Å². The number of sulfone groups is 1. The Hall–Kier alpha value is -1.07. The number of benzene rings is 1. The highest BCUT2D eigenvalue weighted by Gasteiger charge is 2.14. The van der Waals surface area contributed by atoms with Gasteiger partial charge < -0.3 is 10.6 Å². The molecule has 0 aliphatic rings. The molecule has 0 radical (unpaired) electrons. The summed E-state index contributed by atoms with van der Waals surface area (Å²) in [7, 11) is -3.13. The van der Waals surface area contributed by atoms with Crippen molar-refractivity contribution in [1.82, 2.24) is 0 Å². The summed E-state index contributed by atoms with van der Waals surface area (Å²) in [5, 5.41) is 0. The van der Waals surface area contributed by atoms with Crippen LogP contribution in [0.15, 0.2) is 29.2 Å². The molecule has 4 nitrogen and oxygen atoms in total. The fraction of sp³-hybridized carbons (Fsp3) is 0.600. The van der Waals surface area contributed by atoms with E-state index in [4.69, 9.17) is 5.73 Å². The van der Waals surface area contributed by atoms with Crippen molar-refractivity contribution in [3.63, 3.8) is 0 Å². The average Bonchev–Trinajstić information content (AvgIpc) is 2.38. The first kappa shape index (κ1) is 17.0. The summed E-state index contributed by atoms with van der Waals surface area (Å²) in [5.74, 6) is 0.732. The molecule has 20 heavy (non-hydrogen) atoms. The Morgan fingerprint density at radius 2 is 1.80 bits per heavy atom. The van der Waals surface area contributed by atoms with E-state index >= 15 is 0 Å². The maximum atomic E-state index is 12.0. The number of anilines is 1. The second kappa shape index (κ2) is 7.64. The fourth-order valence-corrected chi connectivity index (χ4v) is 3.50. The predicted octanol–water partition coefficient (Wildman–Crippen LogP) is 2.29. The summed E-state index contributed by atoms with van der Waals surface area (Å²) < 4.78 is 24.0. The van der Waals surface area contributed by atoms with Crippen LogP contribution in [0, 0.1) is 5.92 Å². The van der Waals surface area contributed by atoms with Gasteiger partial charge >= 0.3 is 0 Å². The third-order valence-corrected chi connectivity index (χ3v) is 4.95.